The van der Waals surface area contributed by atoms with Crippen LogP contribution in [0.2, 0.25) is 0 Å². The van der Waals surface area contributed by atoms with Crippen molar-refractivity contribution in [1.82, 2.24) is 9.38 Å². The van der Waals surface area contributed by atoms with Gasteiger partial charge in [0.1, 0.15) is 21.9 Å². The second-order valence-corrected chi connectivity index (χ2v) is 9.45. The Labute approximate surface area is 209 Å². The number of rotatable bonds is 6. The Morgan fingerprint density at radius 3 is 2.69 bits per heavy atom. The molecule has 0 saturated carbocycles. The van der Waals surface area contributed by atoms with Crippen LogP contribution in [0.3, 0.4) is 0 Å². The fraction of sp³-hybridized carbons (Fsp3) is 0.308. The summed E-state index contributed by atoms with van der Waals surface area (Å²) < 4.78 is 17.2. The highest BCUT2D eigenvalue weighted by Gasteiger charge is 2.28. The number of aryl methyl sites for hydroxylation is 2. The molecule has 4 aromatic rings. The number of Topliss-reactive ketones (excluding diaryl/α,β-unsaturated/α-hetero) is 1. The molecule has 0 fully saturated rings. The van der Waals surface area contributed by atoms with E-state index in [4.69, 9.17) is 14.2 Å². The number of carbonyl (C=O) groups excluding carboxylic acids is 2. The molecule has 9 nitrogen and oxygen atoms in total. The number of hydrogen-bond donors (Lipinski definition) is 1. The largest absolute Gasteiger partial charge is 0.505 e. The topological polar surface area (TPSA) is 116 Å². The third-order valence-corrected chi connectivity index (χ3v) is 7.63. The molecule has 186 valence electrons. The monoisotopic (exact) mass is 508 g/mol. The molecule has 1 aliphatic carbocycles. The Bertz CT molecular complexity index is 1650. The van der Waals surface area contributed by atoms with Crippen LogP contribution >= 0.6 is 11.3 Å². The summed E-state index contributed by atoms with van der Waals surface area (Å²) in [4.78, 5) is 45.1. The molecule has 3 heterocycles. The van der Waals surface area contributed by atoms with Gasteiger partial charge in [-0.15, -0.1) is 11.3 Å². The van der Waals surface area contributed by atoms with Crippen LogP contribution in [0.5, 0.6) is 17.2 Å². The maximum atomic E-state index is 13.4. The Balaban J connectivity index is 1.85. The van der Waals surface area contributed by atoms with Gasteiger partial charge in [0.25, 0.3) is 5.56 Å². The summed E-state index contributed by atoms with van der Waals surface area (Å²) in [6.45, 7) is 1.70. The summed E-state index contributed by atoms with van der Waals surface area (Å²) in [6.07, 6.45) is 4.81. The van der Waals surface area contributed by atoms with Crippen LogP contribution in [0.15, 0.2) is 23.0 Å². The maximum absolute atomic E-state index is 13.4. The van der Waals surface area contributed by atoms with Crippen molar-refractivity contribution in [1.29, 1.82) is 0 Å². The van der Waals surface area contributed by atoms with Gasteiger partial charge < -0.3 is 19.3 Å². The third-order valence-electron chi connectivity index (χ3n) is 6.35. The number of nitrogens with zero attached hydrogens (tertiary/aromatic N) is 2. The fourth-order valence-electron chi connectivity index (χ4n) is 4.69. The molecule has 0 atom stereocenters. The molecule has 0 unspecified atom stereocenters. The van der Waals surface area contributed by atoms with Crippen LogP contribution in [0.25, 0.3) is 21.9 Å². The molecule has 0 spiro atoms. The van der Waals surface area contributed by atoms with E-state index in [0.29, 0.717) is 21.7 Å². The molecule has 5 rings (SSSR count). The van der Waals surface area contributed by atoms with Gasteiger partial charge in [-0.1, -0.05) is 0 Å². The molecule has 1 N–H and O–H groups in total. The van der Waals surface area contributed by atoms with E-state index >= 15 is 0 Å². The molecular weight excluding hydrogens is 484 g/mol. The smallest absolute Gasteiger partial charge is 0.345 e. The zero-order valence-corrected chi connectivity index (χ0v) is 20.9. The predicted molar refractivity (Wildman–Crippen MR) is 135 cm³/mol. The molecular formula is C26H24N2O7S. The lowest BCUT2D eigenvalue weighted by Gasteiger charge is -2.09. The van der Waals surface area contributed by atoms with E-state index in [0.717, 1.165) is 36.1 Å². The fourth-order valence-corrected chi connectivity index (χ4v) is 6.08. The van der Waals surface area contributed by atoms with Crippen molar-refractivity contribution in [2.45, 2.75) is 32.6 Å². The molecule has 0 radical (unpaired) electrons. The lowest BCUT2D eigenvalue weighted by atomic mass is 9.97. The van der Waals surface area contributed by atoms with Gasteiger partial charge in [-0.2, -0.15) is 4.98 Å². The third kappa shape index (κ3) is 3.69. The van der Waals surface area contributed by atoms with Crippen LogP contribution in [-0.4, -0.2) is 47.1 Å². The van der Waals surface area contributed by atoms with Crippen molar-refractivity contribution < 1.29 is 28.9 Å². The van der Waals surface area contributed by atoms with Crippen LogP contribution in [-0.2, 0) is 17.6 Å². The normalized spacial score (nSPS) is 13.7. The van der Waals surface area contributed by atoms with Crippen molar-refractivity contribution >= 4 is 45.0 Å². The number of hydrogen-bond acceptors (Lipinski definition) is 9. The van der Waals surface area contributed by atoms with Gasteiger partial charge in [0.2, 0.25) is 0 Å². The first kappa shape index (κ1) is 23.8. The van der Waals surface area contributed by atoms with E-state index in [1.165, 1.54) is 36.0 Å². The number of methoxy groups -OCH3 is 2. The van der Waals surface area contributed by atoms with Crippen LogP contribution < -0.4 is 20.4 Å². The highest BCUT2D eigenvalue weighted by molar-refractivity contribution is 7.18. The second-order valence-electron chi connectivity index (χ2n) is 8.37. The minimum absolute atomic E-state index is 0.0391. The Kier molecular flexibility index (Phi) is 6.13. The van der Waals surface area contributed by atoms with Gasteiger partial charge in [-0.25, -0.2) is 4.79 Å². The standard InChI is InChI=1S/C26H24N2O7S/c1-4-35-26(32)21-22(30)16(12-17(29)14-10-9-13(33-2)11-18(14)34-3)28-23(21)27-24(31)20-15-7-5-6-8-19(15)36-25(20)28/h9-12,30H,4-8H2,1-3H3/b16-12+. The number of carbonyl (C=O) groups is 2. The van der Waals surface area contributed by atoms with E-state index in [2.05, 4.69) is 4.98 Å². The molecule has 0 aliphatic heterocycles. The first-order valence-corrected chi connectivity index (χ1v) is 12.4. The van der Waals surface area contributed by atoms with Crippen molar-refractivity contribution in [3.63, 3.8) is 0 Å². The average molecular weight is 509 g/mol. The van der Waals surface area contributed by atoms with Crippen molar-refractivity contribution in [3.05, 3.63) is 55.5 Å². The van der Waals surface area contributed by atoms with Crippen molar-refractivity contribution in [2.75, 3.05) is 20.8 Å². The zero-order valence-electron chi connectivity index (χ0n) is 20.0. The van der Waals surface area contributed by atoms with Gasteiger partial charge in [-0.05, 0) is 50.3 Å². The van der Waals surface area contributed by atoms with Crippen LogP contribution in [0.4, 0.5) is 0 Å². The molecule has 1 aromatic carbocycles. The number of ether oxygens (including phenoxy) is 3. The molecule has 3 aromatic heterocycles. The highest BCUT2D eigenvalue weighted by Crippen LogP contribution is 2.35. The number of thiophene rings is 1. The Morgan fingerprint density at radius 2 is 1.97 bits per heavy atom. The minimum atomic E-state index is -0.825. The number of aromatic hydroxyl groups is 1. The number of fused-ring (bicyclic) bond motifs is 5. The highest BCUT2D eigenvalue weighted by atomic mass is 32.1. The van der Waals surface area contributed by atoms with Gasteiger partial charge in [-0.3, -0.25) is 14.0 Å². The number of esters is 1. The SMILES string of the molecule is CCOC(=O)c1c(O)/c(=C\C(=O)c2ccc(OC)cc2OC)n2c1nc(=O)c1c3c(sc12)CCCC3. The van der Waals surface area contributed by atoms with Crippen molar-refractivity contribution in [3.8, 4) is 17.2 Å². The Hall–Kier alpha value is -3.92. The molecule has 0 amide bonds. The van der Waals surface area contributed by atoms with Gasteiger partial charge in [0.15, 0.2) is 17.2 Å². The summed E-state index contributed by atoms with van der Waals surface area (Å²) in [5.41, 5.74) is 0.446. The number of benzene rings is 1. The summed E-state index contributed by atoms with van der Waals surface area (Å²) in [5, 5.41) is 11.7. The quantitative estimate of drug-likeness (QED) is 0.312. The van der Waals surface area contributed by atoms with Crippen molar-refractivity contribution in [2.24, 2.45) is 0 Å². The molecule has 10 heteroatoms. The van der Waals surface area contributed by atoms with E-state index < -0.39 is 23.1 Å². The zero-order chi connectivity index (χ0) is 25.6. The van der Waals surface area contributed by atoms with E-state index in [1.54, 1.807) is 25.1 Å². The van der Waals surface area contributed by atoms with E-state index in [1.807, 2.05) is 0 Å². The number of aromatic nitrogens is 2. The lowest BCUT2D eigenvalue weighted by molar-refractivity contribution is 0.0525. The minimum Gasteiger partial charge on any atom is -0.505 e. The van der Waals surface area contributed by atoms with Gasteiger partial charge in [0, 0.05) is 17.0 Å². The van der Waals surface area contributed by atoms with E-state index in [-0.39, 0.29) is 28.7 Å². The lowest BCUT2D eigenvalue weighted by Crippen LogP contribution is -2.17. The number of ketones is 1. The van der Waals surface area contributed by atoms with Gasteiger partial charge >= 0.3 is 5.97 Å². The molecule has 1 aliphatic rings. The first-order chi connectivity index (χ1) is 17.4. The average Bonchev–Trinajstić information content (AvgIpc) is 3.39. The second kappa shape index (κ2) is 9.27. The summed E-state index contributed by atoms with van der Waals surface area (Å²) >= 11 is 1.43. The van der Waals surface area contributed by atoms with Crippen LogP contribution in [0.1, 0.15) is 50.9 Å². The summed E-state index contributed by atoms with van der Waals surface area (Å²) in [6, 6.07) is 4.77. The molecule has 36 heavy (non-hydrogen) atoms. The van der Waals surface area contributed by atoms with E-state index in [9.17, 15) is 19.5 Å². The summed E-state index contributed by atoms with van der Waals surface area (Å²) in [5.74, 6) is -0.963. The van der Waals surface area contributed by atoms with Gasteiger partial charge in [0.05, 0.1) is 37.1 Å². The maximum Gasteiger partial charge on any atom is 0.345 e. The molecule has 0 saturated heterocycles. The first-order valence-electron chi connectivity index (χ1n) is 11.6. The predicted octanol–water partition coefficient (Wildman–Crippen LogP) is 3.07. The molecule has 0 bridgehead atoms. The summed E-state index contributed by atoms with van der Waals surface area (Å²) in [7, 11) is 2.95. The Morgan fingerprint density at radius 1 is 1.19 bits per heavy atom. The van der Waals surface area contributed by atoms with Crippen LogP contribution in [0, 0.1) is 0 Å².